The third-order valence-electron chi connectivity index (χ3n) is 2.89. The number of nitrogens with two attached hydrogens (primary N) is 1. The molecule has 0 aliphatic heterocycles. The van der Waals surface area contributed by atoms with E-state index in [2.05, 4.69) is 9.97 Å². The average Bonchev–Trinajstić information content (AvgIpc) is 2.84. The molecule has 0 amide bonds. The molecule has 3 aromatic rings. The maximum atomic E-state index is 5.75. The van der Waals surface area contributed by atoms with E-state index in [1.807, 2.05) is 37.3 Å². The number of hydrogen-bond donors (Lipinski definition) is 1. The molecule has 0 saturated heterocycles. The highest BCUT2D eigenvalue weighted by molar-refractivity contribution is 5.79. The van der Waals surface area contributed by atoms with Gasteiger partial charge in [-0.05, 0) is 30.7 Å². The number of hydrogen-bond acceptors (Lipinski definition) is 4. The first kappa shape index (κ1) is 10.9. The fourth-order valence-corrected chi connectivity index (χ4v) is 1.93. The molecule has 0 atom stereocenters. The Hall–Kier alpha value is -2.20. The molecule has 18 heavy (non-hydrogen) atoms. The maximum absolute atomic E-state index is 5.75. The van der Waals surface area contributed by atoms with Crippen LogP contribution in [0.1, 0.15) is 11.3 Å². The summed E-state index contributed by atoms with van der Waals surface area (Å²) in [6, 6.07) is 9.68. The van der Waals surface area contributed by atoms with Gasteiger partial charge in [0, 0.05) is 18.3 Å². The van der Waals surface area contributed by atoms with Crippen LogP contribution in [0.15, 0.2) is 40.9 Å². The van der Waals surface area contributed by atoms with Gasteiger partial charge in [0.25, 0.3) is 0 Å². The summed E-state index contributed by atoms with van der Waals surface area (Å²) in [6.45, 7) is 2.43. The third kappa shape index (κ3) is 1.76. The number of aromatic nitrogens is 2. The first-order valence-electron chi connectivity index (χ1n) is 5.79. The molecule has 0 aliphatic carbocycles. The molecule has 4 heteroatoms. The Morgan fingerprint density at radius 1 is 1.28 bits per heavy atom. The van der Waals surface area contributed by atoms with Crippen molar-refractivity contribution in [1.82, 2.24) is 9.97 Å². The van der Waals surface area contributed by atoms with Crippen LogP contribution in [0.3, 0.4) is 0 Å². The van der Waals surface area contributed by atoms with Crippen LogP contribution in [0.4, 0.5) is 0 Å². The Balaban J connectivity index is 2.16. The van der Waals surface area contributed by atoms with Gasteiger partial charge in [0.05, 0.1) is 5.69 Å². The predicted molar refractivity (Wildman–Crippen MR) is 69.9 cm³/mol. The Morgan fingerprint density at radius 3 is 2.94 bits per heavy atom. The number of oxazole rings is 1. The summed E-state index contributed by atoms with van der Waals surface area (Å²) in [6.07, 6.45) is 1.72. The van der Waals surface area contributed by atoms with E-state index in [0.717, 1.165) is 27.9 Å². The zero-order valence-electron chi connectivity index (χ0n) is 10.1. The third-order valence-corrected chi connectivity index (χ3v) is 2.89. The molecule has 90 valence electrons. The molecule has 0 aliphatic rings. The first-order chi connectivity index (χ1) is 8.78. The van der Waals surface area contributed by atoms with Crippen LogP contribution in [0, 0.1) is 6.92 Å². The van der Waals surface area contributed by atoms with Crippen molar-refractivity contribution in [1.29, 1.82) is 0 Å². The number of benzene rings is 1. The summed E-state index contributed by atoms with van der Waals surface area (Å²) < 4.78 is 5.75. The second-order valence-corrected chi connectivity index (χ2v) is 4.18. The summed E-state index contributed by atoms with van der Waals surface area (Å²) in [4.78, 5) is 8.68. The normalized spacial score (nSPS) is 11.0. The van der Waals surface area contributed by atoms with Crippen molar-refractivity contribution in [3.8, 4) is 11.5 Å². The maximum Gasteiger partial charge on any atom is 0.227 e. The molecule has 1 aromatic carbocycles. The smallest absolute Gasteiger partial charge is 0.227 e. The summed E-state index contributed by atoms with van der Waals surface area (Å²) >= 11 is 0. The molecule has 0 spiro atoms. The number of pyridine rings is 1. The van der Waals surface area contributed by atoms with Crippen molar-refractivity contribution < 1.29 is 4.42 Å². The standard InChI is InChI=1S/C14H13N3O/c1-9-3-2-4-12-13(9)17-14(18-12)10-5-6-16-11(7-10)8-15/h2-7H,8,15H2,1H3. The Bertz CT molecular complexity index is 703. The van der Waals surface area contributed by atoms with Crippen LogP contribution < -0.4 is 5.73 Å². The van der Waals surface area contributed by atoms with Crippen molar-refractivity contribution in [2.45, 2.75) is 13.5 Å². The van der Waals surface area contributed by atoms with Crippen LogP contribution in [0.2, 0.25) is 0 Å². The molecule has 0 bridgehead atoms. The molecule has 2 heterocycles. The van der Waals surface area contributed by atoms with E-state index in [1.54, 1.807) is 6.20 Å². The van der Waals surface area contributed by atoms with E-state index < -0.39 is 0 Å². The van der Waals surface area contributed by atoms with Gasteiger partial charge in [0.2, 0.25) is 5.89 Å². The molecular weight excluding hydrogens is 226 g/mol. The summed E-state index contributed by atoms with van der Waals surface area (Å²) in [5.74, 6) is 0.608. The highest BCUT2D eigenvalue weighted by Crippen LogP contribution is 2.25. The van der Waals surface area contributed by atoms with Crippen molar-refractivity contribution in [2.75, 3.05) is 0 Å². The average molecular weight is 239 g/mol. The lowest BCUT2D eigenvalue weighted by Crippen LogP contribution is -1.98. The Labute approximate surface area is 104 Å². The van der Waals surface area contributed by atoms with E-state index >= 15 is 0 Å². The lowest BCUT2D eigenvalue weighted by Gasteiger charge is -1.97. The van der Waals surface area contributed by atoms with Gasteiger partial charge in [-0.3, -0.25) is 4.98 Å². The molecule has 2 aromatic heterocycles. The molecule has 0 radical (unpaired) electrons. The molecule has 0 saturated carbocycles. The monoisotopic (exact) mass is 239 g/mol. The topological polar surface area (TPSA) is 64.9 Å². The van der Waals surface area contributed by atoms with Crippen LogP contribution in [0.5, 0.6) is 0 Å². The van der Waals surface area contributed by atoms with Gasteiger partial charge in [0.1, 0.15) is 5.52 Å². The molecule has 3 rings (SSSR count). The van der Waals surface area contributed by atoms with E-state index in [4.69, 9.17) is 10.2 Å². The van der Waals surface area contributed by atoms with E-state index in [-0.39, 0.29) is 0 Å². The minimum Gasteiger partial charge on any atom is -0.436 e. The van der Waals surface area contributed by atoms with Gasteiger partial charge in [-0.25, -0.2) is 4.98 Å². The zero-order valence-corrected chi connectivity index (χ0v) is 10.1. The lowest BCUT2D eigenvalue weighted by molar-refractivity contribution is 0.619. The SMILES string of the molecule is Cc1cccc2oc(-c3ccnc(CN)c3)nc12. The van der Waals surface area contributed by atoms with E-state index in [9.17, 15) is 0 Å². The van der Waals surface area contributed by atoms with Crippen LogP contribution >= 0.6 is 0 Å². The van der Waals surface area contributed by atoms with Crippen molar-refractivity contribution >= 4 is 11.1 Å². The van der Waals surface area contributed by atoms with Gasteiger partial charge >= 0.3 is 0 Å². The van der Waals surface area contributed by atoms with Gasteiger partial charge in [-0.1, -0.05) is 12.1 Å². The second-order valence-electron chi connectivity index (χ2n) is 4.18. The molecule has 4 nitrogen and oxygen atoms in total. The molecule has 2 N–H and O–H groups in total. The van der Waals surface area contributed by atoms with Crippen LogP contribution in [-0.2, 0) is 6.54 Å². The predicted octanol–water partition coefficient (Wildman–Crippen LogP) is 2.66. The van der Waals surface area contributed by atoms with Crippen LogP contribution in [-0.4, -0.2) is 9.97 Å². The highest BCUT2D eigenvalue weighted by atomic mass is 16.3. The van der Waals surface area contributed by atoms with E-state index in [0.29, 0.717) is 12.4 Å². The lowest BCUT2D eigenvalue weighted by atomic mass is 10.2. The quantitative estimate of drug-likeness (QED) is 0.746. The Morgan fingerprint density at radius 2 is 2.17 bits per heavy atom. The zero-order chi connectivity index (χ0) is 12.5. The number of fused-ring (bicyclic) bond motifs is 1. The number of nitrogens with zero attached hydrogens (tertiary/aromatic N) is 2. The minimum absolute atomic E-state index is 0.410. The van der Waals surface area contributed by atoms with Gasteiger partial charge in [-0.15, -0.1) is 0 Å². The number of rotatable bonds is 2. The fourth-order valence-electron chi connectivity index (χ4n) is 1.93. The Kier molecular flexibility index (Phi) is 2.57. The van der Waals surface area contributed by atoms with Crippen molar-refractivity contribution in [3.63, 3.8) is 0 Å². The van der Waals surface area contributed by atoms with Crippen molar-refractivity contribution in [2.24, 2.45) is 5.73 Å². The van der Waals surface area contributed by atoms with Gasteiger partial charge in [0.15, 0.2) is 5.58 Å². The van der Waals surface area contributed by atoms with Gasteiger partial charge < -0.3 is 10.2 Å². The summed E-state index contributed by atoms with van der Waals surface area (Å²) in [5, 5.41) is 0. The first-order valence-corrected chi connectivity index (χ1v) is 5.79. The van der Waals surface area contributed by atoms with Crippen LogP contribution in [0.25, 0.3) is 22.6 Å². The highest BCUT2D eigenvalue weighted by Gasteiger charge is 2.10. The van der Waals surface area contributed by atoms with E-state index in [1.165, 1.54) is 0 Å². The minimum atomic E-state index is 0.410. The fraction of sp³-hybridized carbons (Fsp3) is 0.143. The molecule has 0 unspecified atom stereocenters. The van der Waals surface area contributed by atoms with Gasteiger partial charge in [-0.2, -0.15) is 0 Å². The molecular formula is C14H13N3O. The number of aryl methyl sites for hydroxylation is 1. The molecule has 0 fully saturated rings. The number of para-hydroxylation sites is 1. The van der Waals surface area contributed by atoms with Crippen molar-refractivity contribution in [3.05, 3.63) is 47.8 Å². The summed E-state index contributed by atoms with van der Waals surface area (Å²) in [5.41, 5.74) is 10.1. The summed E-state index contributed by atoms with van der Waals surface area (Å²) in [7, 11) is 0. The largest absolute Gasteiger partial charge is 0.436 e. The second kappa shape index (κ2) is 4.23.